The summed E-state index contributed by atoms with van der Waals surface area (Å²) >= 11 is 1.20. The number of nitrogens with one attached hydrogen (secondary N) is 9. The molecule has 11 aromatic carbocycles. The van der Waals surface area contributed by atoms with Crippen molar-refractivity contribution in [2.75, 3.05) is 96.5 Å². The Bertz CT molecular complexity index is 7220. The van der Waals surface area contributed by atoms with Gasteiger partial charge in [0.15, 0.2) is 5.03 Å². The molecule has 32 nitrogen and oxygen atoms in total. The molecule has 0 aliphatic carbocycles. The Kier molecular flexibility index (Phi) is 47.8. The van der Waals surface area contributed by atoms with Gasteiger partial charge in [0.05, 0.1) is 50.9 Å². The first-order chi connectivity index (χ1) is 70.8. The number of benzene rings is 11. The smallest absolute Gasteiger partial charge is 0.411 e. The molecule has 0 radical (unpaired) electrons. The number of hydrogen-bond donors (Lipinski definition) is 9. The number of carbonyl (C=O) groups excluding carboxylic acids is 4. The van der Waals surface area contributed by atoms with Crippen LogP contribution in [-0.4, -0.2) is 124 Å². The first-order valence-corrected chi connectivity index (χ1v) is 53.6. The van der Waals surface area contributed by atoms with Gasteiger partial charge in [-0.2, -0.15) is 13.7 Å². The summed E-state index contributed by atoms with van der Waals surface area (Å²) in [6.45, 7) is 29.5. The average molecular weight is 2100 g/mol. The molecule has 0 saturated carbocycles. The van der Waals surface area contributed by atoms with Crippen molar-refractivity contribution in [2.45, 2.75) is 122 Å². The molecule has 0 atom stereocenters. The highest BCUT2D eigenvalue weighted by Gasteiger charge is 2.22. The number of anilines is 10. The van der Waals surface area contributed by atoms with Crippen molar-refractivity contribution in [1.29, 1.82) is 5.26 Å². The lowest BCUT2D eigenvalue weighted by atomic mass is 10.2. The standard InChI is InChI=1S/C16H19N3O3S.C16H14N2O2S.C15H15NO2.C11H13N3O2S.C11H12N2.C11H11NO2S2.C11H15NO2.2C10H13NO2/c1-13-2-4-14(5-3-13)18-23(20,21)15-6-7-16(17-12-15)19-8-10-22-11-9-19;1-12-7-9-14(10-8-12)18-21(19,20)15-6-2-4-13-5-3-11-17-16(13)15;1-12-7-9-14(10-8-12)16-15(17)18-11-13-5-3-2-4-6-13;1-9-3-5-10(6-4-9)13-17(15,16)11-7-14(2)8-12-11;1-9-3-5-11(6-4-9)13-10(2)7-8-12;1-9-4-6-10(7-5-9)12-16(13,14)11-3-2-8-15-11;1-3-8-14-11(13)12-10-6-4-9(2)5-7-10;1-3-13-10(12)11-9-6-4-8(2)5-7-9;1-3-13-10(12)11-9-6-4-5-8(2)7-9/h2-7,12,18H,8-11H2,1H3;2-11,18H,1H3;2-10H,11H2,1H3,(H,16,17);3-8,13H,1-2H3;3-7,13H,1-2H3;2-8,12H,1H3;4-7H,3,8H2,1-2H3,(H,12,13);2*4-7H,3H2,1-2H3,(H,11,12)/b;;;;10-7+;;;;. The van der Waals surface area contributed by atoms with Crippen molar-refractivity contribution in [1.82, 2.24) is 19.5 Å². The second-order valence-electron chi connectivity index (χ2n) is 33.0. The van der Waals surface area contributed by atoms with Crippen molar-refractivity contribution in [3.05, 3.63) is 401 Å². The molecule has 0 spiro atoms. The van der Waals surface area contributed by atoms with Crippen LogP contribution in [0.5, 0.6) is 0 Å². The minimum absolute atomic E-state index is 0.0144. The van der Waals surface area contributed by atoms with Gasteiger partial charge in [0.25, 0.3) is 40.1 Å². The summed E-state index contributed by atoms with van der Waals surface area (Å²) < 4.78 is 134. The van der Waals surface area contributed by atoms with Crippen LogP contribution >= 0.6 is 11.3 Å². The molecule has 1 fully saturated rings. The number of aryl methyl sites for hydroxylation is 10. The first kappa shape index (κ1) is 117. The maximum absolute atomic E-state index is 12.5. The van der Waals surface area contributed by atoms with Gasteiger partial charge in [-0.05, 0) is 246 Å². The molecule has 4 aromatic heterocycles. The van der Waals surface area contributed by atoms with Crippen LogP contribution in [0.2, 0.25) is 0 Å². The normalized spacial score (nSPS) is 11.2. The summed E-state index contributed by atoms with van der Waals surface area (Å²) in [4.78, 5) is 59.3. The zero-order chi connectivity index (χ0) is 107. The number of ether oxygens (including phenoxy) is 5. The number of para-hydroxylation sites is 1. The Labute approximate surface area is 871 Å². The first-order valence-electron chi connectivity index (χ1n) is 46.8. The summed E-state index contributed by atoms with van der Waals surface area (Å²) in [5, 5.41) is 24.6. The number of sulfonamides is 4. The van der Waals surface area contributed by atoms with E-state index in [0.717, 1.165) is 115 Å². The molecular weight excluding hydrogens is 1980 g/mol. The number of hydrogen-bond acceptors (Lipinski definition) is 24. The Morgan fingerprint density at radius 1 is 0.412 bits per heavy atom. The molecular formula is C111H125N15O17S5. The van der Waals surface area contributed by atoms with Crippen LogP contribution < -0.4 is 50.4 Å². The highest BCUT2D eigenvalue weighted by atomic mass is 32.2. The number of nitrogens with zero attached hydrogens (tertiary/aromatic N) is 6. The van der Waals surface area contributed by atoms with Gasteiger partial charge >= 0.3 is 24.4 Å². The Morgan fingerprint density at radius 3 is 1.24 bits per heavy atom. The zero-order valence-corrected chi connectivity index (χ0v) is 88.9. The second-order valence-corrected chi connectivity index (χ2v) is 40.9. The van der Waals surface area contributed by atoms with Crippen LogP contribution in [0.25, 0.3) is 10.9 Å². The van der Waals surface area contributed by atoms with Gasteiger partial charge in [0.1, 0.15) is 26.4 Å². The quantitative estimate of drug-likeness (QED) is 0.0189. The van der Waals surface area contributed by atoms with Crippen molar-refractivity contribution < 1.29 is 76.5 Å². The zero-order valence-electron chi connectivity index (χ0n) is 84.9. The summed E-state index contributed by atoms with van der Waals surface area (Å²) in [7, 11) is -12.6. The number of morpholine rings is 1. The maximum Gasteiger partial charge on any atom is 0.411 e. The van der Waals surface area contributed by atoms with E-state index in [4.69, 9.17) is 28.9 Å². The van der Waals surface area contributed by atoms with Gasteiger partial charge in [-0.15, -0.1) is 11.3 Å². The second kappa shape index (κ2) is 60.5. The predicted octanol–water partition coefficient (Wildman–Crippen LogP) is 24.4. The fourth-order valence-corrected chi connectivity index (χ4v) is 17.8. The minimum atomic E-state index is -3.67. The summed E-state index contributed by atoms with van der Waals surface area (Å²) in [6, 6.07) is 94.0. The number of nitriles is 1. The molecule has 1 aliphatic heterocycles. The largest absolute Gasteiger partial charge is 0.450 e. The van der Waals surface area contributed by atoms with Gasteiger partial charge in [-0.1, -0.05) is 215 Å². The number of amides is 4. The Morgan fingerprint density at radius 2 is 0.824 bits per heavy atom. The maximum atomic E-state index is 12.5. The van der Waals surface area contributed by atoms with Crippen molar-refractivity contribution in [3.63, 3.8) is 0 Å². The monoisotopic (exact) mass is 2100 g/mol. The third kappa shape index (κ3) is 43.4. The molecule has 148 heavy (non-hydrogen) atoms. The van der Waals surface area contributed by atoms with Crippen LogP contribution in [0.1, 0.15) is 89.8 Å². The molecule has 5 heterocycles. The van der Waals surface area contributed by atoms with Crippen LogP contribution in [0.3, 0.4) is 0 Å². The van der Waals surface area contributed by atoms with Gasteiger partial charge in [-0.25, -0.2) is 54.4 Å². The number of imidazole rings is 1. The molecule has 776 valence electrons. The number of pyridine rings is 2. The molecule has 1 aliphatic rings. The fraction of sp³-hybridized carbons (Fsp3) is 0.207. The summed E-state index contributed by atoms with van der Waals surface area (Å²) in [6.07, 6.45) is 6.55. The molecule has 0 unspecified atom stereocenters. The van der Waals surface area contributed by atoms with Gasteiger partial charge in [0.2, 0.25) is 0 Å². The van der Waals surface area contributed by atoms with E-state index >= 15 is 0 Å². The molecule has 4 amide bonds. The highest BCUT2D eigenvalue weighted by molar-refractivity contribution is 7.94. The third-order valence-corrected chi connectivity index (χ3v) is 27.0. The van der Waals surface area contributed by atoms with E-state index in [1.807, 2.05) is 295 Å². The van der Waals surface area contributed by atoms with E-state index in [1.54, 1.807) is 128 Å². The van der Waals surface area contributed by atoms with E-state index in [2.05, 4.69) is 65.3 Å². The fourth-order valence-electron chi connectivity index (χ4n) is 12.5. The van der Waals surface area contributed by atoms with Crippen LogP contribution in [0.4, 0.5) is 76.2 Å². The third-order valence-electron chi connectivity index (χ3n) is 20.2. The lowest BCUT2D eigenvalue weighted by Gasteiger charge is -2.27. The van der Waals surface area contributed by atoms with Gasteiger partial charge < -0.3 is 38.5 Å². The molecule has 9 N–H and O–H groups in total. The molecule has 16 rings (SSSR count). The molecule has 0 bridgehead atoms. The van der Waals surface area contributed by atoms with Crippen molar-refractivity contribution in [2.24, 2.45) is 7.05 Å². The number of carbonyl (C=O) groups is 4. The number of fused-ring (bicyclic) bond motifs is 1. The molecule has 1 saturated heterocycles. The van der Waals surface area contributed by atoms with Crippen LogP contribution in [-0.2, 0) is 77.4 Å². The predicted molar refractivity (Wildman–Crippen MR) is 590 cm³/mol. The lowest BCUT2D eigenvalue weighted by molar-refractivity contribution is 0.122. The summed E-state index contributed by atoms with van der Waals surface area (Å²) in [5.41, 5.74) is 18.6. The van der Waals surface area contributed by atoms with Crippen LogP contribution in [0, 0.1) is 73.6 Å². The van der Waals surface area contributed by atoms with Crippen LogP contribution in [0.15, 0.2) is 364 Å². The van der Waals surface area contributed by atoms with Crippen molar-refractivity contribution >= 4 is 144 Å². The summed E-state index contributed by atoms with van der Waals surface area (Å²) in [5.74, 6) is 0.766. The molecule has 37 heteroatoms. The van der Waals surface area contributed by atoms with E-state index < -0.39 is 64.5 Å². The number of allylic oxidation sites excluding steroid dienone is 2. The van der Waals surface area contributed by atoms with E-state index in [1.165, 1.54) is 41.7 Å². The van der Waals surface area contributed by atoms with E-state index in [9.17, 15) is 52.8 Å². The number of thiophene rings is 1. The number of aromatic nitrogens is 4. The SMILES string of the molecule is C/C(=C\C#N)Nc1ccc(C)cc1.CCCOC(=O)Nc1ccc(C)cc1.CCOC(=O)Nc1ccc(C)cc1.CCOC(=O)Nc1cccc(C)c1.Cc1ccc(NC(=O)OCc2ccccc2)cc1.Cc1ccc(NS(=O)(=O)c2ccc(N3CCOCC3)nc2)cc1.Cc1ccc(NS(=O)(=O)c2cccc3cccnc23)cc1.Cc1ccc(NS(=O)(=O)c2cccs2)cc1.Cc1ccc(NS(=O)(=O)c2cn(C)cn2)cc1. The van der Waals surface area contributed by atoms with E-state index in [-0.39, 0.29) is 21.4 Å². The van der Waals surface area contributed by atoms with Crippen molar-refractivity contribution in [3.8, 4) is 6.07 Å². The van der Waals surface area contributed by atoms with E-state index in [0.29, 0.717) is 65.5 Å². The topological polar surface area (TPSA) is 430 Å². The number of rotatable bonds is 25. The lowest BCUT2D eigenvalue weighted by Crippen LogP contribution is -2.36. The average Bonchev–Trinajstić information content (AvgIpc) is 1.02. The Hall–Kier alpha value is -16.2. The molecule has 15 aromatic rings. The Balaban J connectivity index is 0.000000204. The minimum Gasteiger partial charge on any atom is -0.450 e. The van der Waals surface area contributed by atoms with Gasteiger partial charge in [0, 0.05) is 107 Å². The van der Waals surface area contributed by atoms with Gasteiger partial charge in [-0.3, -0.25) is 45.1 Å². The highest BCUT2D eigenvalue weighted by Crippen LogP contribution is 2.27.